The molecule has 0 aliphatic heterocycles. The van der Waals surface area contributed by atoms with E-state index in [-0.39, 0.29) is 17.7 Å². The lowest BCUT2D eigenvalue weighted by Gasteiger charge is -2.05. The molecule has 1 aromatic carbocycles. The molecule has 0 saturated heterocycles. The molecule has 1 aromatic rings. The van der Waals surface area contributed by atoms with Gasteiger partial charge in [0.15, 0.2) is 0 Å². The van der Waals surface area contributed by atoms with E-state index in [0.29, 0.717) is 0 Å². The quantitative estimate of drug-likeness (QED) is 0.170. The van der Waals surface area contributed by atoms with Crippen molar-refractivity contribution in [2.45, 2.75) is 90.4 Å². The van der Waals surface area contributed by atoms with Gasteiger partial charge in [-0.3, -0.25) is 0 Å². The second kappa shape index (κ2) is 16.8. The third kappa shape index (κ3) is 12.1. The van der Waals surface area contributed by atoms with E-state index in [0.717, 1.165) is 12.8 Å². The first kappa shape index (κ1) is 24.9. The maximum absolute atomic E-state index is 12.0. The molecule has 162 valence electrons. The number of carboxylic acid groups (broad SMARTS) is 1. The Bertz CT molecular complexity index is 607. The van der Waals surface area contributed by atoms with Crippen molar-refractivity contribution < 1.29 is 19.4 Å². The SMILES string of the molecule is CCCCCCCCCCCCCC/C=C/COC(=O)c1ccccc1C(=O)O. The first-order valence-electron chi connectivity index (χ1n) is 11.3. The number of aromatic carboxylic acids is 1. The Labute approximate surface area is 176 Å². The monoisotopic (exact) mass is 402 g/mol. The summed E-state index contributed by atoms with van der Waals surface area (Å²) in [5.41, 5.74) is 0.0623. The second-order valence-electron chi connectivity index (χ2n) is 7.60. The summed E-state index contributed by atoms with van der Waals surface area (Å²) in [5.74, 6) is -1.72. The third-order valence-electron chi connectivity index (χ3n) is 5.08. The van der Waals surface area contributed by atoms with Crippen LogP contribution >= 0.6 is 0 Å². The van der Waals surface area contributed by atoms with Crippen LogP contribution in [0.25, 0.3) is 0 Å². The number of benzene rings is 1. The summed E-state index contributed by atoms with van der Waals surface area (Å²) in [7, 11) is 0. The highest BCUT2D eigenvalue weighted by atomic mass is 16.5. The van der Waals surface area contributed by atoms with Crippen LogP contribution in [-0.4, -0.2) is 23.7 Å². The Morgan fingerprint density at radius 3 is 1.86 bits per heavy atom. The summed E-state index contributed by atoms with van der Waals surface area (Å²) in [5, 5.41) is 9.11. The number of carbonyl (C=O) groups is 2. The molecule has 1 N–H and O–H groups in total. The van der Waals surface area contributed by atoms with Crippen LogP contribution in [0.3, 0.4) is 0 Å². The molecule has 1 rings (SSSR count). The number of carboxylic acids is 1. The summed E-state index contributed by atoms with van der Waals surface area (Å²) in [4.78, 5) is 23.1. The summed E-state index contributed by atoms with van der Waals surface area (Å²) in [6.45, 7) is 2.43. The molecule has 0 bridgehead atoms. The van der Waals surface area contributed by atoms with Gasteiger partial charge in [0.25, 0.3) is 0 Å². The number of ether oxygens (including phenoxy) is 1. The van der Waals surface area contributed by atoms with Gasteiger partial charge in [-0.15, -0.1) is 0 Å². The highest BCUT2D eigenvalue weighted by molar-refractivity contribution is 6.02. The number of hydrogen-bond donors (Lipinski definition) is 1. The Kier molecular flexibility index (Phi) is 14.5. The lowest BCUT2D eigenvalue weighted by Crippen LogP contribution is -2.11. The van der Waals surface area contributed by atoms with E-state index < -0.39 is 11.9 Å². The van der Waals surface area contributed by atoms with Crippen LogP contribution in [-0.2, 0) is 4.74 Å². The number of carbonyl (C=O) groups excluding carboxylic acids is 1. The van der Waals surface area contributed by atoms with E-state index in [1.165, 1.54) is 82.8 Å². The van der Waals surface area contributed by atoms with Gasteiger partial charge in [0.2, 0.25) is 0 Å². The molecule has 0 spiro atoms. The second-order valence-corrected chi connectivity index (χ2v) is 7.60. The van der Waals surface area contributed by atoms with Crippen molar-refractivity contribution >= 4 is 11.9 Å². The average Bonchev–Trinajstić information content (AvgIpc) is 2.73. The van der Waals surface area contributed by atoms with Gasteiger partial charge in [0.05, 0.1) is 11.1 Å². The van der Waals surface area contributed by atoms with Crippen molar-refractivity contribution in [1.82, 2.24) is 0 Å². The van der Waals surface area contributed by atoms with Crippen molar-refractivity contribution in [2.24, 2.45) is 0 Å². The molecule has 0 fully saturated rings. The van der Waals surface area contributed by atoms with E-state index in [1.807, 2.05) is 12.2 Å². The predicted octanol–water partition coefficient (Wildman–Crippen LogP) is 7.19. The molecule has 0 radical (unpaired) electrons. The minimum atomic E-state index is -1.12. The fraction of sp³-hybridized carbons (Fsp3) is 0.600. The topological polar surface area (TPSA) is 63.6 Å². The number of allylic oxidation sites excluding steroid dienone is 1. The Morgan fingerprint density at radius 2 is 1.31 bits per heavy atom. The molecule has 0 saturated carbocycles. The molecule has 0 aliphatic rings. The van der Waals surface area contributed by atoms with Crippen LogP contribution in [0.2, 0.25) is 0 Å². The van der Waals surface area contributed by atoms with Crippen LogP contribution in [0.1, 0.15) is 111 Å². The van der Waals surface area contributed by atoms with Gasteiger partial charge in [-0.2, -0.15) is 0 Å². The highest BCUT2D eigenvalue weighted by Gasteiger charge is 2.16. The van der Waals surface area contributed by atoms with Gasteiger partial charge in [-0.1, -0.05) is 102 Å². The Morgan fingerprint density at radius 1 is 0.793 bits per heavy atom. The van der Waals surface area contributed by atoms with Gasteiger partial charge in [0, 0.05) is 0 Å². The first-order valence-corrected chi connectivity index (χ1v) is 11.3. The minimum absolute atomic E-state index is 0.0297. The summed E-state index contributed by atoms with van der Waals surface area (Å²) >= 11 is 0. The minimum Gasteiger partial charge on any atom is -0.478 e. The van der Waals surface area contributed by atoms with Crippen LogP contribution in [0, 0.1) is 0 Å². The van der Waals surface area contributed by atoms with E-state index in [9.17, 15) is 9.59 Å². The predicted molar refractivity (Wildman–Crippen MR) is 119 cm³/mol. The third-order valence-corrected chi connectivity index (χ3v) is 5.08. The normalized spacial score (nSPS) is 11.1. The van der Waals surface area contributed by atoms with Crippen molar-refractivity contribution in [3.63, 3.8) is 0 Å². The summed E-state index contributed by atoms with van der Waals surface area (Å²) < 4.78 is 5.14. The fourth-order valence-corrected chi connectivity index (χ4v) is 3.34. The van der Waals surface area contributed by atoms with Gasteiger partial charge < -0.3 is 9.84 Å². The zero-order valence-corrected chi connectivity index (χ0v) is 18.0. The lowest BCUT2D eigenvalue weighted by atomic mass is 10.0. The molecule has 4 heteroatoms. The molecule has 0 unspecified atom stereocenters. The van der Waals surface area contributed by atoms with E-state index in [4.69, 9.17) is 9.84 Å². The van der Waals surface area contributed by atoms with Gasteiger partial charge in [-0.25, -0.2) is 9.59 Å². The van der Waals surface area contributed by atoms with Crippen molar-refractivity contribution in [1.29, 1.82) is 0 Å². The number of hydrogen-bond acceptors (Lipinski definition) is 3. The van der Waals surface area contributed by atoms with E-state index >= 15 is 0 Å². The van der Waals surface area contributed by atoms with Crippen LogP contribution < -0.4 is 0 Å². The molecule has 4 nitrogen and oxygen atoms in total. The molecule has 0 aromatic heterocycles. The first-order chi connectivity index (χ1) is 14.2. The standard InChI is InChI=1S/C25H38O4/c1-2-3-4-5-6-7-8-9-10-11-12-13-14-15-18-21-29-25(28)23-20-17-16-19-22(23)24(26)27/h15-20H,2-14,21H2,1H3,(H,26,27)/b18-15+. The van der Waals surface area contributed by atoms with Crippen LogP contribution in [0.4, 0.5) is 0 Å². The van der Waals surface area contributed by atoms with Gasteiger partial charge in [0.1, 0.15) is 6.61 Å². The average molecular weight is 403 g/mol. The highest BCUT2D eigenvalue weighted by Crippen LogP contribution is 2.13. The Hall–Kier alpha value is -2.10. The van der Waals surface area contributed by atoms with E-state index in [1.54, 1.807) is 12.1 Å². The van der Waals surface area contributed by atoms with E-state index in [2.05, 4.69) is 6.92 Å². The summed E-state index contributed by atoms with van der Waals surface area (Å²) in [6.07, 6.45) is 20.9. The molecule has 0 atom stereocenters. The number of rotatable bonds is 17. The molecule has 0 aliphatic carbocycles. The molecular weight excluding hydrogens is 364 g/mol. The van der Waals surface area contributed by atoms with Crippen LogP contribution in [0.15, 0.2) is 36.4 Å². The number of unbranched alkanes of at least 4 members (excludes halogenated alkanes) is 12. The lowest BCUT2D eigenvalue weighted by molar-refractivity contribution is 0.0536. The maximum atomic E-state index is 12.0. The largest absolute Gasteiger partial charge is 0.478 e. The zero-order chi connectivity index (χ0) is 21.2. The van der Waals surface area contributed by atoms with Crippen LogP contribution in [0.5, 0.6) is 0 Å². The van der Waals surface area contributed by atoms with Gasteiger partial charge in [-0.05, 0) is 25.0 Å². The molecule has 0 amide bonds. The smallest absolute Gasteiger partial charge is 0.339 e. The molecule has 29 heavy (non-hydrogen) atoms. The van der Waals surface area contributed by atoms with Crippen molar-refractivity contribution in [3.05, 3.63) is 47.5 Å². The molecular formula is C25H38O4. The Balaban J connectivity index is 1.98. The fourth-order valence-electron chi connectivity index (χ4n) is 3.34. The summed E-state index contributed by atoms with van der Waals surface area (Å²) in [6, 6.07) is 6.10. The molecule has 0 heterocycles. The number of esters is 1. The van der Waals surface area contributed by atoms with Gasteiger partial charge >= 0.3 is 11.9 Å². The van der Waals surface area contributed by atoms with Crippen molar-refractivity contribution in [2.75, 3.05) is 6.61 Å². The van der Waals surface area contributed by atoms with Crippen molar-refractivity contribution in [3.8, 4) is 0 Å². The maximum Gasteiger partial charge on any atom is 0.339 e. The zero-order valence-electron chi connectivity index (χ0n) is 18.0.